The van der Waals surface area contributed by atoms with Crippen LogP contribution in [0.15, 0.2) is 43.0 Å². The van der Waals surface area contributed by atoms with Gasteiger partial charge in [-0.1, -0.05) is 59.7 Å². The number of benzene rings is 1. The Hall–Kier alpha value is -2.53. The molecule has 2 saturated heterocycles. The van der Waals surface area contributed by atoms with E-state index in [2.05, 4.69) is 103 Å². The molecule has 3 aromatic rings. The molecule has 11 nitrogen and oxygen atoms in total. The van der Waals surface area contributed by atoms with Crippen molar-refractivity contribution < 1.29 is 28.2 Å². The number of nitrogens with zero attached hydrogens (tertiary/aromatic N) is 4. The van der Waals surface area contributed by atoms with Gasteiger partial charge < -0.3 is 28.7 Å². The van der Waals surface area contributed by atoms with E-state index in [1.807, 2.05) is 22.8 Å². The third-order valence-electron chi connectivity index (χ3n) is 9.44. The summed E-state index contributed by atoms with van der Waals surface area (Å²) in [4.78, 5) is 26.7. The van der Waals surface area contributed by atoms with Gasteiger partial charge in [-0.2, -0.15) is 0 Å². The molecule has 2 aliphatic rings. The maximum absolute atomic E-state index is 13.0. The Morgan fingerprint density at radius 1 is 0.958 bits per heavy atom. The summed E-state index contributed by atoms with van der Waals surface area (Å²) in [6, 6.07) is 9.01. The predicted octanol–water partition coefficient (Wildman–Crippen LogP) is 6.35. The van der Waals surface area contributed by atoms with E-state index < -0.39 is 47.1 Å². The summed E-state index contributed by atoms with van der Waals surface area (Å²) in [5.74, 6) is 0.0393. The second-order valence-electron chi connectivity index (χ2n) is 16.1. The highest BCUT2D eigenvalue weighted by molar-refractivity contribution is 6.77. The number of aromatic nitrogens is 4. The Morgan fingerprint density at radius 3 is 2.17 bits per heavy atom. The fourth-order valence-electron chi connectivity index (χ4n) is 7.55. The lowest BCUT2D eigenvalue weighted by Crippen LogP contribution is -2.49. The van der Waals surface area contributed by atoms with E-state index in [1.165, 1.54) is 6.33 Å². The van der Waals surface area contributed by atoms with Crippen molar-refractivity contribution in [3.05, 3.63) is 48.5 Å². The third-order valence-corrected chi connectivity index (χ3v) is 17.8. The number of carbonyl (C=O) groups excluding carboxylic acids is 1. The molecule has 1 amide bonds. The summed E-state index contributed by atoms with van der Waals surface area (Å²) in [6.45, 7) is 26.1. The number of hydrogen-bond donors (Lipinski definition) is 1. The van der Waals surface area contributed by atoms with Crippen LogP contribution < -0.4 is 5.32 Å². The first-order valence-electron chi connectivity index (χ1n) is 17.2. The van der Waals surface area contributed by atoms with Gasteiger partial charge in [0.25, 0.3) is 5.91 Å². The number of imidazole rings is 1. The van der Waals surface area contributed by atoms with Gasteiger partial charge in [-0.05, 0) is 70.3 Å². The summed E-state index contributed by atoms with van der Waals surface area (Å²) in [6.07, 6.45) is 1.53. The van der Waals surface area contributed by atoms with Crippen molar-refractivity contribution in [2.45, 2.75) is 140 Å². The molecule has 2 aromatic heterocycles. The zero-order valence-electron chi connectivity index (χ0n) is 30.7. The number of amides is 1. The van der Waals surface area contributed by atoms with Crippen molar-refractivity contribution in [2.75, 3.05) is 12.1 Å². The first-order chi connectivity index (χ1) is 22.4. The fraction of sp³-hybridized carbons (Fsp3) is 0.657. The van der Waals surface area contributed by atoms with Crippen molar-refractivity contribution in [3.8, 4) is 0 Å². The number of anilines is 1. The van der Waals surface area contributed by atoms with Gasteiger partial charge in [0.15, 0.2) is 23.2 Å². The molecular weight excluding hydrogens is 643 g/mol. The monoisotopic (exact) mass is 697 g/mol. The molecule has 1 N–H and O–H groups in total. The second kappa shape index (κ2) is 13.6. The molecule has 4 heterocycles. The first-order valence-corrected chi connectivity index (χ1v) is 20.9. The number of fused-ring (bicyclic) bond motifs is 1. The SMILES string of the molecule is CC(C)[Si](OCO[C@H]1[C@H](n2cnc3c(NC(=O)c4ccccc4)ncnc32)O[C@@]2([SiH2]C2OC(C)(C)C)[C@H]1OC(C)(C)C)(C(C)C)C(C)C. The van der Waals surface area contributed by atoms with Crippen LogP contribution in [0.25, 0.3) is 11.2 Å². The second-order valence-corrected chi connectivity index (χ2v) is 23.8. The highest BCUT2D eigenvalue weighted by Gasteiger charge is 2.73. The zero-order valence-corrected chi connectivity index (χ0v) is 33.1. The predicted molar refractivity (Wildman–Crippen MR) is 192 cm³/mol. The molecule has 2 fully saturated rings. The van der Waals surface area contributed by atoms with E-state index in [0.717, 1.165) is 0 Å². The molecule has 5 rings (SSSR count). The van der Waals surface area contributed by atoms with Crippen LogP contribution in [0.2, 0.25) is 16.6 Å². The van der Waals surface area contributed by atoms with Crippen LogP contribution in [0, 0.1) is 0 Å². The first kappa shape index (κ1) is 36.7. The van der Waals surface area contributed by atoms with E-state index in [1.54, 1.807) is 18.5 Å². The minimum absolute atomic E-state index is 0.0533. The smallest absolute Gasteiger partial charge is 0.256 e. The van der Waals surface area contributed by atoms with Crippen LogP contribution in [0.1, 0.15) is 99.7 Å². The maximum Gasteiger partial charge on any atom is 0.256 e. The van der Waals surface area contributed by atoms with Gasteiger partial charge in [0.1, 0.15) is 40.1 Å². The molecule has 1 aromatic carbocycles. The molecule has 0 radical (unpaired) electrons. The molecule has 48 heavy (non-hydrogen) atoms. The lowest BCUT2D eigenvalue weighted by Gasteiger charge is -2.42. The summed E-state index contributed by atoms with van der Waals surface area (Å²) in [5, 5.41) is 2.30. The van der Waals surface area contributed by atoms with E-state index >= 15 is 0 Å². The largest absolute Gasteiger partial charge is 0.394 e. The van der Waals surface area contributed by atoms with Gasteiger partial charge in [0.2, 0.25) is 8.32 Å². The molecule has 1 spiro atoms. The van der Waals surface area contributed by atoms with Gasteiger partial charge in [0, 0.05) is 5.56 Å². The van der Waals surface area contributed by atoms with Crippen LogP contribution in [0.3, 0.4) is 0 Å². The van der Waals surface area contributed by atoms with Crippen LogP contribution in [-0.4, -0.2) is 84.4 Å². The fourth-order valence-corrected chi connectivity index (χ4v) is 15.1. The molecule has 0 saturated carbocycles. The van der Waals surface area contributed by atoms with Gasteiger partial charge in [-0.25, -0.2) is 15.0 Å². The van der Waals surface area contributed by atoms with Gasteiger partial charge in [0.05, 0.1) is 23.3 Å². The van der Waals surface area contributed by atoms with E-state index in [0.29, 0.717) is 39.2 Å². The Balaban J connectivity index is 1.52. The Morgan fingerprint density at radius 2 is 1.58 bits per heavy atom. The maximum atomic E-state index is 13.0. The molecular formula is C35H55N5O6Si2. The van der Waals surface area contributed by atoms with Crippen molar-refractivity contribution in [3.63, 3.8) is 0 Å². The molecule has 1 unspecified atom stereocenters. The average Bonchev–Trinajstić information content (AvgIpc) is 3.32. The Bertz CT molecular complexity index is 1550. The summed E-state index contributed by atoms with van der Waals surface area (Å²) in [7, 11) is -3.12. The molecule has 264 valence electrons. The van der Waals surface area contributed by atoms with Crippen molar-refractivity contribution in [2.24, 2.45) is 0 Å². The molecule has 2 aliphatic heterocycles. The zero-order chi connectivity index (χ0) is 35.2. The Labute approximate surface area is 288 Å². The van der Waals surface area contributed by atoms with Crippen molar-refractivity contribution in [1.82, 2.24) is 19.5 Å². The van der Waals surface area contributed by atoms with Crippen LogP contribution in [-0.2, 0) is 23.4 Å². The minimum Gasteiger partial charge on any atom is -0.394 e. The normalized spacial score (nSPS) is 25.3. The van der Waals surface area contributed by atoms with E-state index in [9.17, 15) is 4.79 Å². The quantitative estimate of drug-likeness (QED) is 0.171. The minimum atomic E-state index is -2.22. The lowest BCUT2D eigenvalue weighted by atomic mass is 10.1. The molecule has 0 aliphatic carbocycles. The summed E-state index contributed by atoms with van der Waals surface area (Å²) in [5.41, 5.74) is 1.85. The summed E-state index contributed by atoms with van der Waals surface area (Å²) < 4.78 is 36.1. The topological polar surface area (TPSA) is 119 Å². The standard InChI is InChI=1S/C35H55N5O6Si2/c1-21(2)48(22(3)4,23(5)6)43-20-42-26-27(44-33(7,8)9)35(32(47-35)46-34(10,11)12)45-31(26)40-19-38-25-28(36-18-37-29(25)40)39-30(41)24-16-14-13-15-17-24/h13-19,21-23,26-27,31-32H,20,47H2,1-12H3,(H,36,37,39,41)/t26-,27+,31-,32?,35-/m1/s1. The van der Waals surface area contributed by atoms with E-state index in [4.69, 9.17) is 23.4 Å². The number of hydrogen-bond acceptors (Lipinski definition) is 9. The van der Waals surface area contributed by atoms with Gasteiger partial charge in [-0.3, -0.25) is 9.36 Å². The molecule has 0 bridgehead atoms. The summed E-state index contributed by atoms with van der Waals surface area (Å²) >= 11 is 0. The van der Waals surface area contributed by atoms with Crippen LogP contribution >= 0.6 is 0 Å². The van der Waals surface area contributed by atoms with Crippen LogP contribution in [0.4, 0.5) is 5.82 Å². The third kappa shape index (κ3) is 7.33. The lowest BCUT2D eigenvalue weighted by molar-refractivity contribution is -0.158. The number of nitrogens with one attached hydrogen (secondary N) is 1. The highest BCUT2D eigenvalue weighted by Crippen LogP contribution is 2.53. The van der Waals surface area contributed by atoms with E-state index in [-0.39, 0.29) is 24.0 Å². The number of rotatable bonds is 12. The Kier molecular flexibility index (Phi) is 10.4. The van der Waals surface area contributed by atoms with Crippen molar-refractivity contribution in [1.29, 1.82) is 0 Å². The van der Waals surface area contributed by atoms with Crippen LogP contribution in [0.5, 0.6) is 0 Å². The molecule has 13 heteroatoms. The molecule has 5 atom stereocenters. The van der Waals surface area contributed by atoms with Gasteiger partial charge in [-0.15, -0.1) is 0 Å². The highest BCUT2D eigenvalue weighted by atomic mass is 28.4. The average molecular weight is 698 g/mol. The van der Waals surface area contributed by atoms with Crippen molar-refractivity contribution >= 4 is 40.7 Å². The number of carbonyl (C=O) groups is 1. The van der Waals surface area contributed by atoms with Gasteiger partial charge >= 0.3 is 0 Å². The number of ether oxygens (including phenoxy) is 4.